The molecule has 2 aromatic carbocycles. The molecule has 0 unspecified atom stereocenters. The quantitative estimate of drug-likeness (QED) is 0.560. The number of carbonyl (C=O) groups is 1. The fourth-order valence-electron chi connectivity index (χ4n) is 2.43. The lowest BCUT2D eigenvalue weighted by Crippen LogP contribution is -2.23. The first-order valence-electron chi connectivity index (χ1n) is 7.19. The monoisotopic (exact) mass is 338 g/mol. The van der Waals surface area contributed by atoms with Crippen molar-refractivity contribution in [2.75, 3.05) is 12.4 Å². The summed E-state index contributed by atoms with van der Waals surface area (Å²) in [7, 11) is 1.49. The molecular weight excluding hydrogens is 326 g/mol. The van der Waals surface area contributed by atoms with Crippen LogP contribution < -0.4 is 15.2 Å². The molecule has 0 radical (unpaired) electrons. The van der Waals surface area contributed by atoms with E-state index < -0.39 is 10.9 Å². The summed E-state index contributed by atoms with van der Waals surface area (Å²) in [6, 6.07) is 10.8. The van der Waals surface area contributed by atoms with Crippen molar-refractivity contribution >= 4 is 33.9 Å². The van der Waals surface area contributed by atoms with Crippen LogP contribution >= 0.6 is 0 Å². The van der Waals surface area contributed by atoms with Gasteiger partial charge in [0, 0.05) is 35.0 Å². The Morgan fingerprint density at radius 3 is 2.72 bits per heavy atom. The third kappa shape index (κ3) is 3.18. The number of anilines is 2. The molecule has 0 aliphatic carbocycles. The number of rotatable bonds is 5. The Bertz CT molecular complexity index is 987. The van der Waals surface area contributed by atoms with Crippen molar-refractivity contribution in [1.29, 1.82) is 0 Å². The lowest BCUT2D eigenvalue weighted by atomic mass is 10.1. The molecule has 8 nitrogen and oxygen atoms in total. The topological polar surface area (TPSA) is 117 Å². The number of nitro groups is 1. The Morgan fingerprint density at radius 2 is 2.04 bits per heavy atom. The van der Waals surface area contributed by atoms with Gasteiger partial charge in [-0.15, -0.1) is 0 Å². The molecule has 1 aromatic heterocycles. The zero-order chi connectivity index (χ0) is 18.0. The van der Waals surface area contributed by atoms with Crippen LogP contribution in [0.15, 0.2) is 48.7 Å². The van der Waals surface area contributed by atoms with Gasteiger partial charge in [0.25, 0.3) is 5.69 Å². The molecule has 0 atom stereocenters. The van der Waals surface area contributed by atoms with E-state index in [-0.39, 0.29) is 16.9 Å². The minimum absolute atomic E-state index is 0.115. The molecule has 1 N–H and O–H groups in total. The summed E-state index contributed by atoms with van der Waals surface area (Å²) >= 11 is 0. The number of benzene rings is 2. The second-order valence-electron chi connectivity index (χ2n) is 5.15. The lowest BCUT2D eigenvalue weighted by molar-refractivity contribution is -0.384. The highest BCUT2D eigenvalue weighted by Gasteiger charge is 2.13. The number of nitrogens with one attached hydrogen (secondary N) is 1. The molecule has 0 bridgehead atoms. The van der Waals surface area contributed by atoms with Crippen molar-refractivity contribution in [3.05, 3.63) is 64.3 Å². The highest BCUT2D eigenvalue weighted by atomic mass is 16.6. The van der Waals surface area contributed by atoms with Gasteiger partial charge in [-0.2, -0.15) is 0 Å². The molecule has 0 saturated heterocycles. The summed E-state index contributed by atoms with van der Waals surface area (Å²) in [4.78, 5) is 26.0. The fourth-order valence-corrected chi connectivity index (χ4v) is 2.43. The Morgan fingerprint density at radius 1 is 1.24 bits per heavy atom. The first-order valence-corrected chi connectivity index (χ1v) is 7.19. The molecule has 3 rings (SSSR count). The third-order valence-corrected chi connectivity index (χ3v) is 3.62. The predicted octanol–water partition coefficient (Wildman–Crippen LogP) is 2.26. The van der Waals surface area contributed by atoms with E-state index >= 15 is 0 Å². The number of methoxy groups -OCH3 is 1. The normalized spacial score (nSPS) is 10.4. The number of carbonyl (C=O) groups excluding carboxylic acids is 1. The number of nitro benzene ring substituents is 1. The van der Waals surface area contributed by atoms with E-state index in [1.807, 2.05) is 0 Å². The Hall–Kier alpha value is -3.68. The standard InChI is InChI=1S/C17H13N3O5/c1-25-12-5-6-15-13(8-12)16(14(9-18-15)17(21)22)19-10-3-2-4-11(7-10)20(23)24/h2-9H,1H3,(H,18,19)(H,21,22)/p-1. The summed E-state index contributed by atoms with van der Waals surface area (Å²) in [5, 5.41) is 25.8. The van der Waals surface area contributed by atoms with Crippen LogP contribution in [-0.4, -0.2) is 23.0 Å². The summed E-state index contributed by atoms with van der Waals surface area (Å²) in [6.45, 7) is 0. The highest BCUT2D eigenvalue weighted by Crippen LogP contribution is 2.32. The first kappa shape index (κ1) is 16.2. The van der Waals surface area contributed by atoms with E-state index in [2.05, 4.69) is 10.3 Å². The molecule has 8 heteroatoms. The van der Waals surface area contributed by atoms with Crippen LogP contribution in [0.2, 0.25) is 0 Å². The van der Waals surface area contributed by atoms with Crippen molar-refractivity contribution in [1.82, 2.24) is 4.98 Å². The maximum absolute atomic E-state index is 11.5. The Labute approximate surface area is 141 Å². The predicted molar refractivity (Wildman–Crippen MR) is 89.0 cm³/mol. The smallest absolute Gasteiger partial charge is 0.271 e. The van der Waals surface area contributed by atoms with Gasteiger partial charge in [-0.25, -0.2) is 0 Å². The number of nitrogens with zero attached hydrogens (tertiary/aromatic N) is 2. The first-order chi connectivity index (χ1) is 12.0. The number of hydrogen-bond donors (Lipinski definition) is 1. The largest absolute Gasteiger partial charge is 0.545 e. The fraction of sp³-hybridized carbons (Fsp3) is 0.0588. The molecule has 0 aliphatic heterocycles. The number of carboxylic acids is 1. The average molecular weight is 338 g/mol. The van der Waals surface area contributed by atoms with E-state index in [1.165, 1.54) is 31.5 Å². The highest BCUT2D eigenvalue weighted by molar-refractivity contribution is 6.05. The third-order valence-electron chi connectivity index (χ3n) is 3.62. The zero-order valence-corrected chi connectivity index (χ0v) is 13.1. The maximum Gasteiger partial charge on any atom is 0.271 e. The SMILES string of the molecule is COc1ccc2ncc(C(=O)[O-])c(Nc3cccc([N+](=O)[O-])c3)c2c1. The second-order valence-corrected chi connectivity index (χ2v) is 5.15. The van der Waals surface area contributed by atoms with Gasteiger partial charge in [-0.05, 0) is 24.3 Å². The van der Waals surface area contributed by atoms with Crippen molar-refractivity contribution in [2.45, 2.75) is 0 Å². The molecule has 0 spiro atoms. The van der Waals surface area contributed by atoms with Crippen molar-refractivity contribution in [2.24, 2.45) is 0 Å². The minimum atomic E-state index is -1.41. The van der Waals surface area contributed by atoms with E-state index in [0.717, 1.165) is 0 Å². The number of fused-ring (bicyclic) bond motifs is 1. The summed E-state index contributed by atoms with van der Waals surface area (Å²) < 4.78 is 5.17. The molecule has 0 fully saturated rings. The van der Waals surface area contributed by atoms with Crippen molar-refractivity contribution < 1.29 is 19.6 Å². The van der Waals surface area contributed by atoms with Crippen LogP contribution in [0.1, 0.15) is 10.4 Å². The van der Waals surface area contributed by atoms with Gasteiger partial charge in [0.15, 0.2) is 0 Å². The van der Waals surface area contributed by atoms with Crippen LogP contribution in [0, 0.1) is 10.1 Å². The van der Waals surface area contributed by atoms with Crippen LogP contribution in [0.25, 0.3) is 10.9 Å². The van der Waals surface area contributed by atoms with Gasteiger partial charge in [0.05, 0.1) is 29.2 Å². The molecule has 126 valence electrons. The Kier molecular flexibility index (Phi) is 4.17. The number of carboxylic acid groups (broad SMARTS) is 1. The van der Waals surface area contributed by atoms with E-state index in [9.17, 15) is 20.0 Å². The summed E-state index contributed by atoms with van der Waals surface area (Å²) in [5.74, 6) is -0.892. The molecule has 0 amide bonds. The van der Waals surface area contributed by atoms with E-state index in [1.54, 1.807) is 24.3 Å². The van der Waals surface area contributed by atoms with Gasteiger partial charge in [-0.1, -0.05) is 6.07 Å². The second kappa shape index (κ2) is 6.44. The van der Waals surface area contributed by atoms with Gasteiger partial charge in [-0.3, -0.25) is 15.1 Å². The molecule has 0 aliphatic rings. The number of aromatic nitrogens is 1. The number of ether oxygens (including phenoxy) is 1. The zero-order valence-electron chi connectivity index (χ0n) is 13.1. The lowest BCUT2D eigenvalue weighted by Gasteiger charge is -2.16. The van der Waals surface area contributed by atoms with Gasteiger partial charge < -0.3 is 20.0 Å². The van der Waals surface area contributed by atoms with Gasteiger partial charge in [0.2, 0.25) is 0 Å². The number of non-ortho nitro benzene ring substituents is 1. The van der Waals surface area contributed by atoms with Gasteiger partial charge in [0.1, 0.15) is 5.75 Å². The van der Waals surface area contributed by atoms with E-state index in [0.29, 0.717) is 22.3 Å². The average Bonchev–Trinajstić information content (AvgIpc) is 2.61. The van der Waals surface area contributed by atoms with Crippen LogP contribution in [0.5, 0.6) is 5.75 Å². The van der Waals surface area contributed by atoms with Crippen LogP contribution in [-0.2, 0) is 0 Å². The summed E-state index contributed by atoms with van der Waals surface area (Å²) in [6.07, 6.45) is 1.18. The van der Waals surface area contributed by atoms with Crippen LogP contribution in [0.4, 0.5) is 17.1 Å². The minimum Gasteiger partial charge on any atom is -0.545 e. The van der Waals surface area contributed by atoms with E-state index in [4.69, 9.17) is 4.74 Å². The number of pyridine rings is 1. The van der Waals surface area contributed by atoms with Crippen molar-refractivity contribution in [3.63, 3.8) is 0 Å². The maximum atomic E-state index is 11.5. The number of hydrogen-bond acceptors (Lipinski definition) is 7. The molecule has 1 heterocycles. The van der Waals surface area contributed by atoms with Crippen LogP contribution in [0.3, 0.4) is 0 Å². The summed E-state index contributed by atoms with van der Waals surface area (Å²) in [5.41, 5.74) is 0.860. The molecule has 0 saturated carbocycles. The van der Waals surface area contributed by atoms with Crippen molar-refractivity contribution in [3.8, 4) is 5.75 Å². The molecular formula is C17H12N3O5-. The molecule has 3 aromatic rings. The van der Waals surface area contributed by atoms with Gasteiger partial charge >= 0.3 is 0 Å². The molecule has 25 heavy (non-hydrogen) atoms. The Balaban J connectivity index is 2.18. The number of aromatic carboxylic acids is 1.